The van der Waals surface area contributed by atoms with E-state index < -0.39 is 0 Å². The summed E-state index contributed by atoms with van der Waals surface area (Å²) < 4.78 is 0. The van der Waals surface area contributed by atoms with Crippen LogP contribution in [0.3, 0.4) is 0 Å². The van der Waals surface area contributed by atoms with Gasteiger partial charge in [-0.25, -0.2) is 0 Å². The zero-order valence-corrected chi connectivity index (χ0v) is 6.92. The van der Waals surface area contributed by atoms with Gasteiger partial charge in [0.25, 0.3) is 0 Å². The lowest BCUT2D eigenvalue weighted by Gasteiger charge is -2.31. The highest BCUT2D eigenvalue weighted by Gasteiger charge is 2.28. The molecule has 0 aromatic heterocycles. The minimum atomic E-state index is -0.0596. The van der Waals surface area contributed by atoms with Crippen molar-refractivity contribution >= 4 is 0 Å². The fraction of sp³-hybridized carbons (Fsp3) is 1.00. The minimum Gasteiger partial charge on any atom is -0.392 e. The quantitative estimate of drug-likeness (QED) is 0.624. The highest BCUT2D eigenvalue weighted by Crippen LogP contribution is 2.24. The van der Waals surface area contributed by atoms with Crippen molar-refractivity contribution in [1.82, 2.24) is 5.32 Å². The van der Waals surface area contributed by atoms with Crippen molar-refractivity contribution in [2.45, 2.75) is 56.7 Å². The molecule has 2 fully saturated rings. The molecule has 0 aliphatic heterocycles. The highest BCUT2D eigenvalue weighted by atomic mass is 16.3. The summed E-state index contributed by atoms with van der Waals surface area (Å²) in [5.74, 6) is 0. The molecule has 2 atom stereocenters. The molecule has 2 saturated carbocycles. The lowest BCUT2D eigenvalue weighted by molar-refractivity contribution is 0.133. The Balaban J connectivity index is 1.75. The fourth-order valence-electron chi connectivity index (χ4n) is 2.01. The summed E-state index contributed by atoms with van der Waals surface area (Å²) in [5.41, 5.74) is 0. The van der Waals surface area contributed by atoms with Crippen LogP contribution in [-0.2, 0) is 0 Å². The number of aliphatic hydroxyl groups excluding tert-OH is 1. The third-order valence-corrected chi connectivity index (χ3v) is 3.03. The summed E-state index contributed by atoms with van der Waals surface area (Å²) in [6, 6.07) is 1.15. The van der Waals surface area contributed by atoms with Crippen molar-refractivity contribution < 1.29 is 5.11 Å². The van der Waals surface area contributed by atoms with Crippen LogP contribution in [0.15, 0.2) is 0 Å². The van der Waals surface area contributed by atoms with Crippen LogP contribution in [0.2, 0.25) is 0 Å². The first-order chi connectivity index (χ1) is 5.36. The molecule has 2 heteroatoms. The van der Waals surface area contributed by atoms with Gasteiger partial charge in [0, 0.05) is 12.1 Å². The standard InChI is InChI=1S/C9H17NO/c11-9-6-2-5-8(9)10-7-3-1-4-7/h7-11H,1-6H2. The smallest absolute Gasteiger partial charge is 0.0693 e. The second-order valence-electron chi connectivity index (χ2n) is 3.90. The molecule has 2 unspecified atom stereocenters. The van der Waals surface area contributed by atoms with Crippen molar-refractivity contribution in [2.24, 2.45) is 0 Å². The summed E-state index contributed by atoms with van der Waals surface area (Å²) >= 11 is 0. The molecular weight excluding hydrogens is 138 g/mol. The van der Waals surface area contributed by atoms with E-state index in [0.29, 0.717) is 6.04 Å². The summed E-state index contributed by atoms with van der Waals surface area (Å²) in [7, 11) is 0. The molecule has 0 aromatic rings. The van der Waals surface area contributed by atoms with E-state index in [-0.39, 0.29) is 6.10 Å². The largest absolute Gasteiger partial charge is 0.392 e. The lowest BCUT2D eigenvalue weighted by atomic mass is 9.92. The van der Waals surface area contributed by atoms with Gasteiger partial charge < -0.3 is 10.4 Å². The molecule has 11 heavy (non-hydrogen) atoms. The number of hydrogen-bond donors (Lipinski definition) is 2. The molecular formula is C9H17NO. The summed E-state index contributed by atoms with van der Waals surface area (Å²) in [5, 5.41) is 13.0. The second kappa shape index (κ2) is 3.11. The summed E-state index contributed by atoms with van der Waals surface area (Å²) in [6.45, 7) is 0. The molecule has 0 heterocycles. The Morgan fingerprint density at radius 3 is 2.18 bits per heavy atom. The van der Waals surface area contributed by atoms with Gasteiger partial charge in [0.1, 0.15) is 0 Å². The Bertz CT molecular complexity index is 134. The molecule has 2 aliphatic carbocycles. The maximum absolute atomic E-state index is 9.49. The molecule has 2 nitrogen and oxygen atoms in total. The van der Waals surface area contributed by atoms with Crippen LogP contribution in [0.5, 0.6) is 0 Å². The Morgan fingerprint density at radius 2 is 1.73 bits per heavy atom. The summed E-state index contributed by atoms with van der Waals surface area (Å²) in [4.78, 5) is 0. The molecule has 2 aliphatic rings. The van der Waals surface area contributed by atoms with E-state index in [1.165, 1.54) is 32.1 Å². The van der Waals surface area contributed by atoms with Gasteiger partial charge >= 0.3 is 0 Å². The molecule has 0 spiro atoms. The third-order valence-electron chi connectivity index (χ3n) is 3.03. The van der Waals surface area contributed by atoms with Crippen molar-refractivity contribution in [3.63, 3.8) is 0 Å². The molecule has 0 saturated heterocycles. The predicted molar refractivity (Wildman–Crippen MR) is 44.4 cm³/mol. The first-order valence-corrected chi connectivity index (χ1v) is 4.80. The van der Waals surface area contributed by atoms with Gasteiger partial charge in [-0.3, -0.25) is 0 Å². The van der Waals surface area contributed by atoms with E-state index in [9.17, 15) is 5.11 Å². The highest BCUT2D eigenvalue weighted by molar-refractivity contribution is 4.88. The van der Waals surface area contributed by atoms with Crippen molar-refractivity contribution in [3.8, 4) is 0 Å². The average molecular weight is 155 g/mol. The van der Waals surface area contributed by atoms with E-state index in [4.69, 9.17) is 0 Å². The topological polar surface area (TPSA) is 32.3 Å². The predicted octanol–water partition coefficient (Wildman–Crippen LogP) is 1.04. The van der Waals surface area contributed by atoms with Gasteiger partial charge in [-0.05, 0) is 32.1 Å². The van der Waals surface area contributed by atoms with E-state index in [1.807, 2.05) is 0 Å². The number of aliphatic hydroxyl groups is 1. The molecule has 64 valence electrons. The van der Waals surface area contributed by atoms with Crippen LogP contribution in [0.1, 0.15) is 38.5 Å². The first-order valence-electron chi connectivity index (χ1n) is 4.80. The third kappa shape index (κ3) is 1.57. The SMILES string of the molecule is OC1CCCC1NC1CCC1. The van der Waals surface area contributed by atoms with Crippen molar-refractivity contribution in [3.05, 3.63) is 0 Å². The van der Waals surface area contributed by atoms with Gasteiger partial charge in [0.05, 0.1) is 6.10 Å². The van der Waals surface area contributed by atoms with Crippen LogP contribution >= 0.6 is 0 Å². The maximum Gasteiger partial charge on any atom is 0.0693 e. The van der Waals surface area contributed by atoms with Crippen LogP contribution in [0.4, 0.5) is 0 Å². The van der Waals surface area contributed by atoms with Crippen LogP contribution in [0.25, 0.3) is 0 Å². The zero-order valence-electron chi connectivity index (χ0n) is 6.92. The number of rotatable bonds is 2. The Kier molecular flexibility index (Phi) is 2.14. The molecule has 2 rings (SSSR count). The Labute approximate surface area is 68.0 Å². The van der Waals surface area contributed by atoms with E-state index in [0.717, 1.165) is 12.5 Å². The number of nitrogens with one attached hydrogen (secondary N) is 1. The average Bonchev–Trinajstić information content (AvgIpc) is 2.27. The normalized spacial score (nSPS) is 39.0. The van der Waals surface area contributed by atoms with E-state index >= 15 is 0 Å². The fourth-order valence-corrected chi connectivity index (χ4v) is 2.01. The Hall–Kier alpha value is -0.0800. The van der Waals surface area contributed by atoms with Gasteiger partial charge in [-0.1, -0.05) is 6.42 Å². The van der Waals surface area contributed by atoms with Crippen LogP contribution in [-0.4, -0.2) is 23.3 Å². The maximum atomic E-state index is 9.49. The monoisotopic (exact) mass is 155 g/mol. The van der Waals surface area contributed by atoms with Crippen molar-refractivity contribution in [2.75, 3.05) is 0 Å². The van der Waals surface area contributed by atoms with Gasteiger partial charge in [-0.2, -0.15) is 0 Å². The van der Waals surface area contributed by atoms with Gasteiger partial charge in [-0.15, -0.1) is 0 Å². The zero-order chi connectivity index (χ0) is 7.68. The minimum absolute atomic E-state index is 0.0596. The van der Waals surface area contributed by atoms with Crippen LogP contribution < -0.4 is 5.32 Å². The molecule has 0 bridgehead atoms. The number of hydrogen-bond acceptors (Lipinski definition) is 2. The lowest BCUT2D eigenvalue weighted by Crippen LogP contribution is -2.45. The van der Waals surface area contributed by atoms with Gasteiger partial charge in [0.15, 0.2) is 0 Å². The van der Waals surface area contributed by atoms with Crippen LogP contribution in [0, 0.1) is 0 Å². The van der Waals surface area contributed by atoms with Gasteiger partial charge in [0.2, 0.25) is 0 Å². The molecule has 0 amide bonds. The molecule has 0 radical (unpaired) electrons. The van der Waals surface area contributed by atoms with E-state index in [2.05, 4.69) is 5.32 Å². The van der Waals surface area contributed by atoms with Crippen molar-refractivity contribution in [1.29, 1.82) is 0 Å². The van der Waals surface area contributed by atoms with E-state index in [1.54, 1.807) is 0 Å². The molecule has 0 aromatic carbocycles. The second-order valence-corrected chi connectivity index (χ2v) is 3.90. The Morgan fingerprint density at radius 1 is 1.00 bits per heavy atom. The first kappa shape index (κ1) is 7.56. The summed E-state index contributed by atoms with van der Waals surface area (Å²) in [6.07, 6.45) is 7.34. The molecule has 2 N–H and O–H groups in total.